The van der Waals surface area contributed by atoms with E-state index in [9.17, 15) is 4.79 Å². The molecule has 0 aliphatic carbocycles. The number of nitrogens with one attached hydrogen (secondary N) is 1. The third-order valence-electron chi connectivity index (χ3n) is 1.18. The van der Waals surface area contributed by atoms with Gasteiger partial charge in [-0.1, -0.05) is 6.58 Å². The average Bonchev–Trinajstić information content (AvgIpc) is 2.47. The van der Waals surface area contributed by atoms with Gasteiger partial charge in [-0.3, -0.25) is 4.99 Å². The quantitative estimate of drug-likeness (QED) is 0.563. The third-order valence-corrected chi connectivity index (χ3v) is 1.18. The third kappa shape index (κ3) is 1.83. The highest BCUT2D eigenvalue weighted by Gasteiger charge is 2.17. The lowest BCUT2D eigenvalue weighted by Crippen LogP contribution is -2.27. The van der Waals surface area contributed by atoms with Crippen LogP contribution >= 0.6 is 0 Å². The fourth-order valence-electron chi connectivity index (χ4n) is 0.703. The number of nitriles is 1. The molecule has 0 amide bonds. The Labute approximate surface area is 69.3 Å². The van der Waals surface area contributed by atoms with Gasteiger partial charge in [0.2, 0.25) is 5.84 Å². The van der Waals surface area contributed by atoms with E-state index in [-0.39, 0.29) is 12.4 Å². The van der Waals surface area contributed by atoms with E-state index < -0.39 is 5.97 Å². The maximum atomic E-state index is 10.9. The van der Waals surface area contributed by atoms with Crippen molar-refractivity contribution in [3.05, 3.63) is 12.3 Å². The summed E-state index contributed by atoms with van der Waals surface area (Å²) >= 11 is 0. The van der Waals surface area contributed by atoms with E-state index in [1.165, 1.54) is 0 Å². The molecule has 1 aliphatic heterocycles. The summed E-state index contributed by atoms with van der Waals surface area (Å²) in [4.78, 5) is 14.7. The topological polar surface area (TPSA) is 74.5 Å². The van der Waals surface area contributed by atoms with Gasteiger partial charge in [0.25, 0.3) is 0 Å². The van der Waals surface area contributed by atoms with Crippen molar-refractivity contribution in [1.82, 2.24) is 5.32 Å². The molecule has 0 aromatic rings. The van der Waals surface area contributed by atoms with Crippen LogP contribution in [0, 0.1) is 11.3 Å². The molecule has 0 unspecified atom stereocenters. The van der Waals surface area contributed by atoms with Gasteiger partial charge in [-0.25, -0.2) is 4.79 Å². The van der Waals surface area contributed by atoms with E-state index in [2.05, 4.69) is 21.6 Å². The first-order valence-corrected chi connectivity index (χ1v) is 3.27. The minimum atomic E-state index is -0.616. The van der Waals surface area contributed by atoms with Crippen molar-refractivity contribution in [3.8, 4) is 6.07 Å². The molecular weight excluding hydrogens is 158 g/mol. The van der Waals surface area contributed by atoms with Crippen LogP contribution in [0.15, 0.2) is 17.3 Å². The molecule has 0 aromatic heterocycles. The summed E-state index contributed by atoms with van der Waals surface area (Å²) in [6.45, 7) is 3.70. The van der Waals surface area contributed by atoms with Gasteiger partial charge >= 0.3 is 5.97 Å². The van der Waals surface area contributed by atoms with Crippen LogP contribution < -0.4 is 5.32 Å². The second kappa shape index (κ2) is 3.53. The van der Waals surface area contributed by atoms with Gasteiger partial charge in [0, 0.05) is 5.70 Å². The molecule has 1 rings (SSSR count). The van der Waals surface area contributed by atoms with E-state index in [4.69, 9.17) is 5.26 Å². The number of aliphatic imine (C=N–C) groups is 1. The van der Waals surface area contributed by atoms with Crippen LogP contribution in [0.4, 0.5) is 0 Å². The number of ether oxygens (including phenoxy) is 1. The smallest absolute Gasteiger partial charge is 0.375 e. The number of nitrogens with zero attached hydrogens (tertiary/aromatic N) is 2. The zero-order chi connectivity index (χ0) is 8.97. The number of carbonyl (C=O) groups excluding carboxylic acids is 1. The normalized spacial score (nSPS) is 14.6. The Morgan fingerprint density at radius 1 is 1.92 bits per heavy atom. The number of esters is 1. The number of hydrogen-bond donors (Lipinski definition) is 1. The number of hydrogen-bond acceptors (Lipinski definition) is 5. The Kier molecular flexibility index (Phi) is 2.43. The van der Waals surface area contributed by atoms with Crippen LogP contribution in [0.2, 0.25) is 0 Å². The molecule has 0 radical (unpaired) electrons. The zero-order valence-electron chi connectivity index (χ0n) is 6.33. The lowest BCUT2D eigenvalue weighted by molar-refractivity contribution is -0.134. The Hall–Kier alpha value is -1.83. The van der Waals surface area contributed by atoms with Gasteiger partial charge in [0.15, 0.2) is 6.61 Å². The predicted molar refractivity (Wildman–Crippen MR) is 41.1 cm³/mol. The Balaban J connectivity index is 2.44. The highest BCUT2D eigenvalue weighted by molar-refractivity contribution is 6.36. The van der Waals surface area contributed by atoms with Gasteiger partial charge in [0.1, 0.15) is 6.07 Å². The molecule has 0 bridgehead atoms. The second-order valence-electron chi connectivity index (χ2n) is 2.13. The SMILES string of the molecule is C=C1CN=C(C(=O)OCC#N)N1. The molecule has 0 atom stereocenters. The maximum Gasteiger partial charge on any atom is 0.375 e. The van der Waals surface area contributed by atoms with Crippen molar-refractivity contribution in [3.63, 3.8) is 0 Å². The lowest BCUT2D eigenvalue weighted by atomic mass is 10.5. The number of carbonyl (C=O) groups is 1. The summed E-state index contributed by atoms with van der Waals surface area (Å²) in [5.41, 5.74) is 0.652. The molecule has 0 saturated carbocycles. The Morgan fingerprint density at radius 3 is 3.17 bits per heavy atom. The van der Waals surface area contributed by atoms with Crippen molar-refractivity contribution in [2.75, 3.05) is 13.2 Å². The molecule has 5 heteroatoms. The molecule has 1 heterocycles. The van der Waals surface area contributed by atoms with E-state index >= 15 is 0 Å². The van der Waals surface area contributed by atoms with Gasteiger partial charge in [0.05, 0.1) is 6.54 Å². The van der Waals surface area contributed by atoms with Gasteiger partial charge in [-0.15, -0.1) is 0 Å². The summed E-state index contributed by atoms with van der Waals surface area (Å²) in [6.07, 6.45) is 0. The van der Waals surface area contributed by atoms with Gasteiger partial charge in [-0.2, -0.15) is 5.26 Å². The van der Waals surface area contributed by atoms with Gasteiger partial charge in [-0.05, 0) is 0 Å². The van der Waals surface area contributed by atoms with Crippen molar-refractivity contribution in [2.24, 2.45) is 4.99 Å². The van der Waals surface area contributed by atoms with Crippen LogP contribution in [-0.4, -0.2) is 25.0 Å². The fraction of sp³-hybridized carbons (Fsp3) is 0.286. The van der Waals surface area contributed by atoms with Crippen molar-refractivity contribution < 1.29 is 9.53 Å². The molecule has 1 N–H and O–H groups in total. The molecule has 1 aliphatic rings. The van der Waals surface area contributed by atoms with Crippen molar-refractivity contribution >= 4 is 11.8 Å². The van der Waals surface area contributed by atoms with Crippen LogP contribution in [0.5, 0.6) is 0 Å². The molecular formula is C7H7N3O2. The lowest BCUT2D eigenvalue weighted by Gasteiger charge is -1.99. The highest BCUT2D eigenvalue weighted by Crippen LogP contribution is 1.97. The summed E-state index contributed by atoms with van der Waals surface area (Å²) in [6, 6.07) is 1.69. The van der Waals surface area contributed by atoms with Crippen molar-refractivity contribution in [1.29, 1.82) is 5.26 Å². The van der Waals surface area contributed by atoms with E-state index in [1.807, 2.05) is 0 Å². The van der Waals surface area contributed by atoms with Crippen LogP contribution in [0.3, 0.4) is 0 Å². The van der Waals surface area contributed by atoms with E-state index in [0.29, 0.717) is 12.2 Å². The van der Waals surface area contributed by atoms with Crippen molar-refractivity contribution in [2.45, 2.75) is 0 Å². The van der Waals surface area contributed by atoms with Crippen LogP contribution in [0.1, 0.15) is 0 Å². The summed E-state index contributed by atoms with van der Waals surface area (Å²) in [7, 11) is 0. The molecule has 5 nitrogen and oxygen atoms in total. The zero-order valence-corrected chi connectivity index (χ0v) is 6.33. The van der Waals surface area contributed by atoms with E-state index in [0.717, 1.165) is 0 Å². The summed E-state index contributed by atoms with van der Waals surface area (Å²) in [5.74, 6) is -0.495. The maximum absolute atomic E-state index is 10.9. The first-order valence-electron chi connectivity index (χ1n) is 3.27. The second-order valence-corrected chi connectivity index (χ2v) is 2.13. The molecule has 12 heavy (non-hydrogen) atoms. The molecule has 0 spiro atoms. The minimum Gasteiger partial charge on any atom is -0.444 e. The Morgan fingerprint density at radius 2 is 2.67 bits per heavy atom. The molecule has 0 aromatic carbocycles. The molecule has 0 fully saturated rings. The summed E-state index contributed by atoms with van der Waals surface area (Å²) in [5, 5.41) is 10.7. The summed E-state index contributed by atoms with van der Waals surface area (Å²) < 4.78 is 4.49. The first-order chi connectivity index (χ1) is 5.74. The Bertz CT molecular complexity index is 288. The predicted octanol–water partition coefficient (Wildman–Crippen LogP) is -0.431. The standard InChI is InChI=1S/C7H7N3O2/c1-5-4-9-6(10-5)7(11)12-3-2-8/h1,3-4H2,(H,9,10). The average molecular weight is 165 g/mol. The number of amidine groups is 1. The minimum absolute atomic E-state index is 0.121. The monoisotopic (exact) mass is 165 g/mol. The van der Waals surface area contributed by atoms with Crippen LogP contribution in [-0.2, 0) is 9.53 Å². The van der Waals surface area contributed by atoms with E-state index in [1.54, 1.807) is 6.07 Å². The molecule has 62 valence electrons. The molecule has 0 saturated heterocycles. The van der Waals surface area contributed by atoms with Crippen LogP contribution in [0.25, 0.3) is 0 Å². The number of rotatable bonds is 2. The largest absolute Gasteiger partial charge is 0.444 e. The highest BCUT2D eigenvalue weighted by atomic mass is 16.5. The van der Waals surface area contributed by atoms with Gasteiger partial charge < -0.3 is 10.1 Å². The first kappa shape index (κ1) is 8.27. The fourth-order valence-corrected chi connectivity index (χ4v) is 0.703.